The standard InChI is InChI=1S/C36H32O4/c1-3-33(37)39-23-35(29-17-9-5-13-25(29)26-14-6-10-18-30(26)35)21-22-36(24-40-34(38)4-2)31-19-11-7-15-27(31)28-16-8-12-20-32(28)36/h3,5-20H,1,4,21-24H2,2H3. The molecule has 0 spiro atoms. The largest absolute Gasteiger partial charge is 0.464 e. The van der Waals surface area contributed by atoms with Gasteiger partial charge in [0.15, 0.2) is 0 Å². The molecule has 0 aromatic heterocycles. The fraction of sp³-hybridized carbons (Fsp3) is 0.222. The number of rotatable bonds is 9. The molecule has 0 radical (unpaired) electrons. The van der Waals surface area contributed by atoms with Crippen LogP contribution in [0.25, 0.3) is 22.3 Å². The molecule has 0 saturated carbocycles. The lowest BCUT2D eigenvalue weighted by Crippen LogP contribution is -2.38. The van der Waals surface area contributed by atoms with Crippen molar-refractivity contribution in [2.75, 3.05) is 13.2 Å². The van der Waals surface area contributed by atoms with Gasteiger partial charge >= 0.3 is 11.9 Å². The summed E-state index contributed by atoms with van der Waals surface area (Å²) in [5, 5.41) is 0. The molecule has 4 aromatic carbocycles. The molecule has 4 nitrogen and oxygen atoms in total. The highest BCUT2D eigenvalue weighted by atomic mass is 16.5. The van der Waals surface area contributed by atoms with Gasteiger partial charge < -0.3 is 9.47 Å². The Balaban J connectivity index is 1.50. The molecule has 0 amide bonds. The average Bonchev–Trinajstić information content (AvgIpc) is 3.46. The number of hydrogen-bond donors (Lipinski definition) is 0. The molecule has 4 heteroatoms. The molecule has 4 aromatic rings. The van der Waals surface area contributed by atoms with Crippen molar-refractivity contribution in [1.82, 2.24) is 0 Å². The monoisotopic (exact) mass is 528 g/mol. The molecule has 0 aliphatic heterocycles. The SMILES string of the molecule is C=CC(=O)OCC1(CCC2(COC(=O)CC)c3ccccc3-c3ccccc32)c2ccccc2-c2ccccc21. The van der Waals surface area contributed by atoms with Crippen LogP contribution in [0, 0.1) is 0 Å². The fourth-order valence-corrected chi connectivity index (χ4v) is 6.81. The van der Waals surface area contributed by atoms with Crippen molar-refractivity contribution in [2.45, 2.75) is 37.0 Å². The Kier molecular flexibility index (Phi) is 6.63. The summed E-state index contributed by atoms with van der Waals surface area (Å²) in [6.45, 7) is 5.88. The summed E-state index contributed by atoms with van der Waals surface area (Å²) in [5.41, 5.74) is 8.17. The van der Waals surface area contributed by atoms with E-state index in [1.54, 1.807) is 0 Å². The molecule has 2 aliphatic carbocycles. The summed E-state index contributed by atoms with van der Waals surface area (Å²) < 4.78 is 11.8. The Morgan fingerprint density at radius 1 is 0.625 bits per heavy atom. The van der Waals surface area contributed by atoms with E-state index in [9.17, 15) is 9.59 Å². The van der Waals surface area contributed by atoms with Crippen LogP contribution >= 0.6 is 0 Å². The maximum absolute atomic E-state index is 12.5. The van der Waals surface area contributed by atoms with Crippen LogP contribution < -0.4 is 0 Å². The van der Waals surface area contributed by atoms with Gasteiger partial charge in [0.05, 0.1) is 10.8 Å². The number of carbonyl (C=O) groups is 2. The molecule has 0 saturated heterocycles. The Bertz CT molecular complexity index is 1520. The van der Waals surface area contributed by atoms with E-state index in [0.29, 0.717) is 19.3 Å². The first-order chi connectivity index (χ1) is 19.5. The van der Waals surface area contributed by atoms with Crippen LogP contribution in [0.2, 0.25) is 0 Å². The van der Waals surface area contributed by atoms with E-state index in [-0.39, 0.29) is 19.2 Å². The normalized spacial score (nSPS) is 14.8. The number of fused-ring (bicyclic) bond motifs is 6. The zero-order valence-electron chi connectivity index (χ0n) is 22.7. The Hall–Kier alpha value is -4.44. The number of hydrogen-bond acceptors (Lipinski definition) is 4. The van der Waals surface area contributed by atoms with Gasteiger partial charge in [-0.1, -0.05) is 111 Å². The molecule has 40 heavy (non-hydrogen) atoms. The molecule has 0 N–H and O–H groups in total. The number of ether oxygens (including phenoxy) is 2. The maximum atomic E-state index is 12.5. The van der Waals surface area contributed by atoms with E-state index < -0.39 is 16.8 Å². The van der Waals surface area contributed by atoms with Crippen molar-refractivity contribution < 1.29 is 19.1 Å². The summed E-state index contributed by atoms with van der Waals surface area (Å²) in [4.78, 5) is 24.9. The van der Waals surface area contributed by atoms with Crippen molar-refractivity contribution in [1.29, 1.82) is 0 Å². The third-order valence-electron chi connectivity index (χ3n) is 8.73. The summed E-state index contributed by atoms with van der Waals surface area (Å²) >= 11 is 0. The van der Waals surface area contributed by atoms with Crippen LogP contribution in [0.15, 0.2) is 110 Å². The lowest BCUT2D eigenvalue weighted by Gasteiger charge is -2.37. The summed E-state index contributed by atoms with van der Waals surface area (Å²) in [6, 6.07) is 33.7. The van der Waals surface area contributed by atoms with Crippen molar-refractivity contribution >= 4 is 11.9 Å². The Labute approximate surface area is 235 Å². The van der Waals surface area contributed by atoms with Gasteiger partial charge in [0.1, 0.15) is 13.2 Å². The fourth-order valence-electron chi connectivity index (χ4n) is 6.81. The van der Waals surface area contributed by atoms with E-state index in [1.165, 1.54) is 17.2 Å². The van der Waals surface area contributed by atoms with E-state index in [0.717, 1.165) is 33.4 Å². The first-order valence-electron chi connectivity index (χ1n) is 13.9. The van der Waals surface area contributed by atoms with Crippen LogP contribution in [0.5, 0.6) is 0 Å². The van der Waals surface area contributed by atoms with E-state index in [2.05, 4.69) is 91.5 Å². The minimum absolute atomic E-state index is 0.194. The molecule has 6 rings (SSSR count). The average molecular weight is 529 g/mol. The molecule has 0 atom stereocenters. The lowest BCUT2D eigenvalue weighted by molar-refractivity contribution is -0.145. The quantitative estimate of drug-likeness (QED) is 0.168. The van der Waals surface area contributed by atoms with Crippen molar-refractivity contribution in [3.8, 4) is 22.3 Å². The van der Waals surface area contributed by atoms with Crippen molar-refractivity contribution in [2.24, 2.45) is 0 Å². The van der Waals surface area contributed by atoms with Gasteiger partial charge in [-0.3, -0.25) is 4.79 Å². The highest BCUT2D eigenvalue weighted by Crippen LogP contribution is 2.56. The lowest BCUT2D eigenvalue weighted by atomic mass is 9.67. The third kappa shape index (κ3) is 3.98. The van der Waals surface area contributed by atoms with Crippen LogP contribution in [-0.2, 0) is 29.9 Å². The zero-order valence-corrected chi connectivity index (χ0v) is 22.7. The predicted octanol–water partition coefficient (Wildman–Crippen LogP) is 7.38. The van der Waals surface area contributed by atoms with Crippen LogP contribution in [0.4, 0.5) is 0 Å². The number of esters is 2. The molecule has 0 fully saturated rings. The second-order valence-corrected chi connectivity index (χ2v) is 10.7. The molecule has 200 valence electrons. The van der Waals surface area contributed by atoms with Crippen molar-refractivity contribution in [3.05, 3.63) is 132 Å². The highest BCUT2D eigenvalue weighted by molar-refractivity contribution is 5.84. The molecular weight excluding hydrogens is 496 g/mol. The van der Waals surface area contributed by atoms with Crippen LogP contribution in [0.1, 0.15) is 48.4 Å². The smallest absolute Gasteiger partial charge is 0.330 e. The molecule has 0 unspecified atom stereocenters. The van der Waals surface area contributed by atoms with Gasteiger partial charge in [0.25, 0.3) is 0 Å². The maximum Gasteiger partial charge on any atom is 0.330 e. The highest BCUT2D eigenvalue weighted by Gasteiger charge is 2.49. The van der Waals surface area contributed by atoms with E-state index in [1.807, 2.05) is 19.1 Å². The van der Waals surface area contributed by atoms with Gasteiger partial charge in [-0.15, -0.1) is 0 Å². The topological polar surface area (TPSA) is 52.6 Å². The van der Waals surface area contributed by atoms with E-state index >= 15 is 0 Å². The number of benzene rings is 4. The van der Waals surface area contributed by atoms with Gasteiger partial charge in [-0.25, -0.2) is 4.79 Å². The summed E-state index contributed by atoms with van der Waals surface area (Å²) in [5.74, 6) is -0.656. The molecule has 0 heterocycles. The predicted molar refractivity (Wildman–Crippen MR) is 157 cm³/mol. The minimum Gasteiger partial charge on any atom is -0.464 e. The number of carbonyl (C=O) groups excluding carboxylic acids is 2. The van der Waals surface area contributed by atoms with Gasteiger partial charge in [0, 0.05) is 12.5 Å². The van der Waals surface area contributed by atoms with Gasteiger partial charge in [-0.2, -0.15) is 0 Å². The minimum atomic E-state index is -0.569. The first-order valence-corrected chi connectivity index (χ1v) is 13.9. The van der Waals surface area contributed by atoms with Crippen LogP contribution in [-0.4, -0.2) is 25.2 Å². The first kappa shape index (κ1) is 25.8. The molecule has 2 aliphatic rings. The Morgan fingerprint density at radius 3 is 1.32 bits per heavy atom. The second kappa shape index (κ2) is 10.3. The van der Waals surface area contributed by atoms with Gasteiger partial charge in [0.2, 0.25) is 0 Å². The third-order valence-corrected chi connectivity index (χ3v) is 8.73. The molecule has 0 bridgehead atoms. The van der Waals surface area contributed by atoms with Crippen molar-refractivity contribution in [3.63, 3.8) is 0 Å². The second-order valence-electron chi connectivity index (χ2n) is 10.7. The summed E-state index contributed by atoms with van der Waals surface area (Å²) in [7, 11) is 0. The van der Waals surface area contributed by atoms with Crippen LogP contribution in [0.3, 0.4) is 0 Å². The molecular formula is C36H32O4. The van der Waals surface area contributed by atoms with Gasteiger partial charge in [-0.05, 0) is 57.3 Å². The summed E-state index contributed by atoms with van der Waals surface area (Å²) in [6.07, 6.45) is 2.90. The zero-order chi connectivity index (χ0) is 27.7. The van der Waals surface area contributed by atoms with E-state index in [4.69, 9.17) is 9.47 Å². The Morgan fingerprint density at radius 2 is 0.975 bits per heavy atom.